The summed E-state index contributed by atoms with van der Waals surface area (Å²) in [5, 5.41) is 2.71. The number of hydrogen-bond donors (Lipinski definition) is 1. The first-order valence-electron chi connectivity index (χ1n) is 10.3. The second-order valence-corrected chi connectivity index (χ2v) is 9.48. The smallest absolute Gasteiger partial charge is 0.262 e. The van der Waals surface area contributed by atoms with Crippen LogP contribution in [0.2, 0.25) is 0 Å². The van der Waals surface area contributed by atoms with Crippen LogP contribution in [0.1, 0.15) is 5.56 Å². The Hall–Kier alpha value is -2.88. The summed E-state index contributed by atoms with van der Waals surface area (Å²) in [5.74, 6) is 0.636. The lowest BCUT2D eigenvalue weighted by molar-refractivity contribution is -0.118. The molecule has 1 fully saturated rings. The van der Waals surface area contributed by atoms with Crippen LogP contribution < -0.4 is 14.8 Å². The van der Waals surface area contributed by atoms with E-state index in [0.29, 0.717) is 49.8 Å². The maximum Gasteiger partial charge on any atom is 0.262 e. The van der Waals surface area contributed by atoms with Gasteiger partial charge in [0.2, 0.25) is 10.0 Å². The Morgan fingerprint density at radius 1 is 1.09 bits per heavy atom. The number of anilines is 1. The molecule has 2 aromatic rings. The molecule has 9 heteroatoms. The Bertz CT molecular complexity index is 1050. The quantitative estimate of drug-likeness (QED) is 0.580. The highest BCUT2D eigenvalue weighted by Gasteiger charge is 2.27. The predicted octanol–water partition coefficient (Wildman–Crippen LogP) is 2.38. The number of sulfonamides is 1. The number of rotatable bonds is 9. The van der Waals surface area contributed by atoms with Gasteiger partial charge in [0.05, 0.1) is 12.0 Å². The maximum atomic E-state index is 12.8. The minimum Gasteiger partial charge on any atom is -0.493 e. The van der Waals surface area contributed by atoms with E-state index in [4.69, 9.17) is 9.47 Å². The van der Waals surface area contributed by atoms with E-state index in [1.807, 2.05) is 19.2 Å². The van der Waals surface area contributed by atoms with E-state index in [9.17, 15) is 13.2 Å². The molecule has 1 amide bonds. The molecule has 0 aliphatic carbocycles. The number of allylic oxidation sites excluding steroid dienone is 1. The number of methoxy groups -OCH3 is 1. The highest BCUT2D eigenvalue weighted by molar-refractivity contribution is 7.89. The molecule has 0 saturated carbocycles. The molecular formula is C23H29N3O5S. The van der Waals surface area contributed by atoms with Crippen molar-refractivity contribution in [1.82, 2.24) is 9.21 Å². The van der Waals surface area contributed by atoms with Crippen molar-refractivity contribution in [3.8, 4) is 11.5 Å². The van der Waals surface area contributed by atoms with E-state index in [1.165, 1.54) is 23.5 Å². The number of nitrogens with one attached hydrogen (secondary N) is 1. The van der Waals surface area contributed by atoms with Crippen molar-refractivity contribution in [3.63, 3.8) is 0 Å². The summed E-state index contributed by atoms with van der Waals surface area (Å²) in [4.78, 5) is 14.6. The number of carbonyl (C=O) groups is 1. The fraction of sp³-hybridized carbons (Fsp3) is 0.348. The van der Waals surface area contributed by atoms with Crippen molar-refractivity contribution in [2.24, 2.45) is 0 Å². The van der Waals surface area contributed by atoms with E-state index >= 15 is 0 Å². The molecule has 1 N–H and O–H groups in total. The molecular weight excluding hydrogens is 430 g/mol. The molecule has 0 bridgehead atoms. The fourth-order valence-corrected chi connectivity index (χ4v) is 4.78. The van der Waals surface area contributed by atoms with Crippen molar-refractivity contribution in [1.29, 1.82) is 0 Å². The van der Waals surface area contributed by atoms with Gasteiger partial charge in [-0.2, -0.15) is 4.31 Å². The van der Waals surface area contributed by atoms with Crippen LogP contribution in [-0.4, -0.2) is 70.5 Å². The first kappa shape index (κ1) is 23.8. The van der Waals surface area contributed by atoms with E-state index < -0.39 is 10.0 Å². The van der Waals surface area contributed by atoms with Gasteiger partial charge in [-0.05, 0) is 55.4 Å². The molecule has 172 valence electrons. The van der Waals surface area contributed by atoms with Gasteiger partial charge in [-0.1, -0.05) is 12.1 Å². The number of hydrogen-bond acceptors (Lipinski definition) is 6. The number of amides is 1. The summed E-state index contributed by atoms with van der Waals surface area (Å²) >= 11 is 0. The zero-order chi connectivity index (χ0) is 23.1. The molecule has 0 radical (unpaired) electrons. The highest BCUT2D eigenvalue weighted by atomic mass is 32.2. The van der Waals surface area contributed by atoms with E-state index in [2.05, 4.69) is 16.8 Å². The third-order valence-electron chi connectivity index (χ3n) is 5.20. The first-order valence-corrected chi connectivity index (χ1v) is 11.8. The van der Waals surface area contributed by atoms with Crippen LogP contribution in [-0.2, 0) is 21.2 Å². The third kappa shape index (κ3) is 5.87. The Kier molecular flexibility index (Phi) is 7.89. The molecule has 8 nitrogen and oxygen atoms in total. The zero-order valence-electron chi connectivity index (χ0n) is 18.4. The summed E-state index contributed by atoms with van der Waals surface area (Å²) in [7, 11) is -0.0324. The summed E-state index contributed by atoms with van der Waals surface area (Å²) in [6.07, 6.45) is 2.50. The Morgan fingerprint density at radius 3 is 2.41 bits per heavy atom. The first-order chi connectivity index (χ1) is 15.3. The number of benzene rings is 2. The van der Waals surface area contributed by atoms with E-state index in [0.717, 1.165) is 5.56 Å². The van der Waals surface area contributed by atoms with Crippen LogP contribution in [0.25, 0.3) is 0 Å². The van der Waals surface area contributed by atoms with Crippen LogP contribution in [0.15, 0.2) is 60.0 Å². The largest absolute Gasteiger partial charge is 0.493 e. The van der Waals surface area contributed by atoms with Crippen molar-refractivity contribution < 1.29 is 22.7 Å². The van der Waals surface area contributed by atoms with Gasteiger partial charge in [-0.15, -0.1) is 6.58 Å². The SMILES string of the molecule is C=CCc1ccc(OCC(=O)Nc2ccc(S(=O)(=O)N3CCN(C)CC3)cc2)c(OC)c1. The van der Waals surface area contributed by atoms with Crippen molar-refractivity contribution >= 4 is 21.6 Å². The molecule has 32 heavy (non-hydrogen) atoms. The van der Waals surface area contributed by atoms with Gasteiger partial charge in [0.1, 0.15) is 0 Å². The van der Waals surface area contributed by atoms with Crippen molar-refractivity contribution in [3.05, 3.63) is 60.7 Å². The predicted molar refractivity (Wildman–Crippen MR) is 124 cm³/mol. The van der Waals surface area contributed by atoms with Crippen molar-refractivity contribution in [2.75, 3.05) is 52.3 Å². The van der Waals surface area contributed by atoms with Gasteiger partial charge >= 0.3 is 0 Å². The minimum atomic E-state index is -3.54. The molecule has 2 aromatic carbocycles. The maximum absolute atomic E-state index is 12.8. The number of carbonyl (C=O) groups excluding carboxylic acids is 1. The fourth-order valence-electron chi connectivity index (χ4n) is 3.35. The molecule has 3 rings (SSSR count). The van der Waals surface area contributed by atoms with Crippen LogP contribution in [0, 0.1) is 0 Å². The van der Waals surface area contributed by atoms with Gasteiger partial charge in [-0.3, -0.25) is 4.79 Å². The zero-order valence-corrected chi connectivity index (χ0v) is 19.2. The summed E-state index contributed by atoms with van der Waals surface area (Å²) in [5.41, 5.74) is 1.52. The van der Waals surface area contributed by atoms with Crippen LogP contribution >= 0.6 is 0 Å². The molecule has 0 unspecified atom stereocenters. The number of likely N-dealkylation sites (N-methyl/N-ethyl adjacent to an activating group) is 1. The lowest BCUT2D eigenvalue weighted by atomic mass is 10.1. The van der Waals surface area contributed by atoms with Gasteiger partial charge in [0, 0.05) is 31.9 Å². The van der Waals surface area contributed by atoms with Gasteiger partial charge in [0.25, 0.3) is 5.91 Å². The summed E-state index contributed by atoms with van der Waals surface area (Å²) in [6, 6.07) is 11.6. The second-order valence-electron chi connectivity index (χ2n) is 7.55. The van der Waals surface area contributed by atoms with Crippen LogP contribution in [0.3, 0.4) is 0 Å². The van der Waals surface area contributed by atoms with E-state index in [-0.39, 0.29) is 17.4 Å². The Balaban J connectivity index is 1.57. The van der Waals surface area contributed by atoms with Crippen LogP contribution in [0.4, 0.5) is 5.69 Å². The minimum absolute atomic E-state index is 0.209. The average molecular weight is 460 g/mol. The van der Waals surface area contributed by atoms with E-state index in [1.54, 1.807) is 24.3 Å². The normalized spacial score (nSPS) is 15.2. The molecule has 1 aliphatic heterocycles. The number of piperazine rings is 1. The molecule has 1 saturated heterocycles. The standard InChI is InChI=1S/C23H29N3O5S/c1-4-5-18-6-11-21(22(16-18)30-3)31-17-23(27)24-19-7-9-20(10-8-19)32(28,29)26-14-12-25(2)13-15-26/h4,6-11,16H,1,5,12-15,17H2,2-3H3,(H,24,27). The molecule has 0 spiro atoms. The Morgan fingerprint density at radius 2 is 1.78 bits per heavy atom. The lowest BCUT2D eigenvalue weighted by Crippen LogP contribution is -2.46. The summed E-state index contributed by atoms with van der Waals surface area (Å²) in [6.45, 7) is 5.84. The molecule has 0 atom stereocenters. The number of ether oxygens (including phenoxy) is 2. The number of nitrogens with zero attached hydrogens (tertiary/aromatic N) is 2. The topological polar surface area (TPSA) is 88.2 Å². The molecule has 0 aromatic heterocycles. The molecule has 1 aliphatic rings. The highest BCUT2D eigenvalue weighted by Crippen LogP contribution is 2.28. The van der Waals surface area contributed by atoms with Gasteiger partial charge < -0.3 is 19.7 Å². The molecule has 1 heterocycles. The lowest BCUT2D eigenvalue weighted by Gasteiger charge is -2.31. The monoisotopic (exact) mass is 459 g/mol. The van der Waals surface area contributed by atoms with Crippen molar-refractivity contribution in [2.45, 2.75) is 11.3 Å². The van der Waals surface area contributed by atoms with Crippen LogP contribution in [0.5, 0.6) is 11.5 Å². The Labute approximate surface area is 189 Å². The third-order valence-corrected chi connectivity index (χ3v) is 7.12. The van der Waals surface area contributed by atoms with Gasteiger partial charge in [0.15, 0.2) is 18.1 Å². The van der Waals surface area contributed by atoms with Gasteiger partial charge in [-0.25, -0.2) is 8.42 Å². The summed E-state index contributed by atoms with van der Waals surface area (Å²) < 4.78 is 38.0. The average Bonchev–Trinajstić information content (AvgIpc) is 2.79. The second kappa shape index (κ2) is 10.6.